The Morgan fingerprint density at radius 3 is 2.21 bits per heavy atom. The van der Waals surface area contributed by atoms with E-state index in [9.17, 15) is 13.9 Å². The van der Waals surface area contributed by atoms with Gasteiger partial charge in [-0.25, -0.2) is 8.78 Å². The predicted octanol–water partition coefficient (Wildman–Crippen LogP) is 1.74. The highest BCUT2D eigenvalue weighted by molar-refractivity contribution is 5.85. The van der Waals surface area contributed by atoms with Crippen LogP contribution in [0, 0.1) is 0 Å². The van der Waals surface area contributed by atoms with E-state index in [0.717, 1.165) is 0 Å². The van der Waals surface area contributed by atoms with E-state index in [4.69, 9.17) is 5.73 Å². The smallest absolute Gasteiger partial charge is 0.289 e. The van der Waals surface area contributed by atoms with Crippen molar-refractivity contribution < 1.29 is 13.9 Å². The van der Waals surface area contributed by atoms with Crippen molar-refractivity contribution in [3.05, 3.63) is 35.9 Å². The minimum atomic E-state index is -3.26. The number of hydrogen-bond donors (Lipinski definition) is 2. The summed E-state index contributed by atoms with van der Waals surface area (Å²) in [7, 11) is 0. The van der Waals surface area contributed by atoms with Gasteiger partial charge in [-0.2, -0.15) is 0 Å². The van der Waals surface area contributed by atoms with Gasteiger partial charge in [-0.3, -0.25) is 0 Å². The number of aliphatic hydroxyl groups excluding tert-OH is 1. The number of halogens is 3. The van der Waals surface area contributed by atoms with E-state index in [1.54, 1.807) is 18.2 Å². The van der Waals surface area contributed by atoms with Gasteiger partial charge in [0.15, 0.2) is 0 Å². The van der Waals surface area contributed by atoms with Crippen LogP contribution in [-0.2, 0) is 0 Å². The summed E-state index contributed by atoms with van der Waals surface area (Å²) in [5.74, 6) is -3.26. The lowest BCUT2D eigenvalue weighted by molar-refractivity contribution is -0.102. The van der Waals surface area contributed by atoms with Gasteiger partial charge >= 0.3 is 0 Å². The summed E-state index contributed by atoms with van der Waals surface area (Å²) in [5.41, 5.74) is 5.01. The van der Waals surface area contributed by atoms with Gasteiger partial charge in [0.25, 0.3) is 5.92 Å². The second kappa shape index (κ2) is 5.24. The van der Waals surface area contributed by atoms with Crippen LogP contribution in [0.25, 0.3) is 0 Å². The van der Waals surface area contributed by atoms with Crippen molar-refractivity contribution in [3.8, 4) is 0 Å². The molecular weight excluding hydrogens is 212 g/mol. The van der Waals surface area contributed by atoms with E-state index in [0.29, 0.717) is 0 Å². The molecule has 0 heterocycles. The van der Waals surface area contributed by atoms with Gasteiger partial charge in [0.1, 0.15) is 6.10 Å². The molecule has 1 aromatic carbocycles. The molecule has 1 atom stereocenters. The second-order valence-corrected chi connectivity index (χ2v) is 2.78. The molecule has 1 unspecified atom stereocenters. The standard InChI is InChI=1S/C9H11F2NO.ClH/c10-9(11,6-12)8(13)7-4-2-1-3-5-7;/h1-5,8,13H,6,12H2;1H. The molecule has 0 saturated heterocycles. The molecule has 1 aromatic rings. The van der Waals surface area contributed by atoms with Crippen molar-refractivity contribution in [2.75, 3.05) is 6.54 Å². The lowest BCUT2D eigenvalue weighted by Crippen LogP contribution is -2.34. The van der Waals surface area contributed by atoms with Gasteiger partial charge in [-0.1, -0.05) is 30.3 Å². The number of hydrogen-bond acceptors (Lipinski definition) is 2. The van der Waals surface area contributed by atoms with E-state index in [-0.39, 0.29) is 18.0 Å². The fraction of sp³-hybridized carbons (Fsp3) is 0.333. The number of rotatable bonds is 3. The Kier molecular flexibility index (Phi) is 4.97. The molecule has 5 heteroatoms. The Bertz CT molecular complexity index is 269. The maximum atomic E-state index is 12.9. The topological polar surface area (TPSA) is 46.2 Å². The zero-order chi connectivity index (χ0) is 9.90. The molecule has 0 saturated carbocycles. The SMILES string of the molecule is Cl.NCC(F)(F)C(O)c1ccccc1. The average molecular weight is 224 g/mol. The molecular formula is C9H12ClF2NO. The molecule has 0 bridgehead atoms. The van der Waals surface area contributed by atoms with Crippen LogP contribution in [-0.4, -0.2) is 17.6 Å². The van der Waals surface area contributed by atoms with Crippen LogP contribution in [0.2, 0.25) is 0 Å². The monoisotopic (exact) mass is 223 g/mol. The molecule has 0 aliphatic rings. The zero-order valence-electron chi connectivity index (χ0n) is 7.36. The minimum Gasteiger partial charge on any atom is -0.382 e. The molecule has 14 heavy (non-hydrogen) atoms. The van der Waals surface area contributed by atoms with Gasteiger partial charge in [-0.15, -0.1) is 12.4 Å². The van der Waals surface area contributed by atoms with Crippen LogP contribution >= 0.6 is 12.4 Å². The van der Waals surface area contributed by atoms with Crippen molar-refractivity contribution in [1.29, 1.82) is 0 Å². The number of aliphatic hydroxyl groups is 1. The third-order valence-electron chi connectivity index (χ3n) is 1.79. The van der Waals surface area contributed by atoms with Crippen molar-refractivity contribution in [3.63, 3.8) is 0 Å². The normalized spacial score (nSPS) is 13.1. The molecule has 0 aromatic heterocycles. The van der Waals surface area contributed by atoms with Crippen molar-refractivity contribution >= 4 is 12.4 Å². The average Bonchev–Trinajstić information content (AvgIpc) is 2.18. The summed E-state index contributed by atoms with van der Waals surface area (Å²) in [5, 5.41) is 9.22. The highest BCUT2D eigenvalue weighted by Crippen LogP contribution is 2.29. The summed E-state index contributed by atoms with van der Waals surface area (Å²) in [6.07, 6.45) is -1.82. The fourth-order valence-electron chi connectivity index (χ4n) is 0.991. The third-order valence-corrected chi connectivity index (χ3v) is 1.79. The van der Waals surface area contributed by atoms with Crippen LogP contribution < -0.4 is 5.73 Å². The summed E-state index contributed by atoms with van der Waals surface area (Å²) in [6, 6.07) is 7.75. The fourth-order valence-corrected chi connectivity index (χ4v) is 0.991. The molecule has 80 valence electrons. The summed E-state index contributed by atoms with van der Waals surface area (Å²) in [6.45, 7) is -0.858. The first-order valence-electron chi connectivity index (χ1n) is 3.89. The Hall–Kier alpha value is -0.710. The maximum absolute atomic E-state index is 12.9. The summed E-state index contributed by atoms with van der Waals surface area (Å²) >= 11 is 0. The van der Waals surface area contributed by atoms with Crippen LogP contribution in [0.1, 0.15) is 11.7 Å². The summed E-state index contributed by atoms with van der Waals surface area (Å²) in [4.78, 5) is 0. The first-order chi connectivity index (χ1) is 6.08. The quantitative estimate of drug-likeness (QED) is 0.820. The highest BCUT2D eigenvalue weighted by Gasteiger charge is 2.37. The maximum Gasteiger partial charge on any atom is 0.289 e. The molecule has 0 spiro atoms. The molecule has 0 fully saturated rings. The van der Waals surface area contributed by atoms with E-state index >= 15 is 0 Å². The summed E-state index contributed by atoms with van der Waals surface area (Å²) < 4.78 is 25.7. The first kappa shape index (κ1) is 13.3. The molecule has 0 radical (unpaired) electrons. The molecule has 2 nitrogen and oxygen atoms in total. The molecule has 0 amide bonds. The Labute approximate surface area is 87.1 Å². The lowest BCUT2D eigenvalue weighted by Gasteiger charge is -2.20. The molecule has 3 N–H and O–H groups in total. The van der Waals surface area contributed by atoms with E-state index < -0.39 is 18.6 Å². The Balaban J connectivity index is 0.00000169. The molecule has 0 aliphatic heterocycles. The van der Waals surface area contributed by atoms with Crippen molar-refractivity contribution in [1.82, 2.24) is 0 Å². The van der Waals surface area contributed by atoms with Crippen LogP contribution in [0.4, 0.5) is 8.78 Å². The zero-order valence-corrected chi connectivity index (χ0v) is 8.18. The van der Waals surface area contributed by atoms with Gasteiger partial charge in [-0.05, 0) is 5.56 Å². The minimum absolute atomic E-state index is 0. The number of alkyl halides is 2. The lowest BCUT2D eigenvalue weighted by atomic mass is 10.0. The Morgan fingerprint density at radius 2 is 1.79 bits per heavy atom. The van der Waals surface area contributed by atoms with Gasteiger partial charge in [0.2, 0.25) is 0 Å². The molecule has 0 aliphatic carbocycles. The highest BCUT2D eigenvalue weighted by atomic mass is 35.5. The number of benzene rings is 1. The molecule has 1 rings (SSSR count). The Morgan fingerprint density at radius 1 is 1.29 bits per heavy atom. The van der Waals surface area contributed by atoms with Crippen LogP contribution in [0.15, 0.2) is 30.3 Å². The second-order valence-electron chi connectivity index (χ2n) is 2.78. The predicted molar refractivity (Wildman–Crippen MR) is 52.7 cm³/mol. The van der Waals surface area contributed by atoms with Gasteiger partial charge in [0.05, 0.1) is 6.54 Å². The van der Waals surface area contributed by atoms with E-state index in [2.05, 4.69) is 0 Å². The third kappa shape index (κ3) is 2.90. The van der Waals surface area contributed by atoms with E-state index in [1.807, 2.05) is 0 Å². The van der Waals surface area contributed by atoms with Crippen LogP contribution in [0.3, 0.4) is 0 Å². The van der Waals surface area contributed by atoms with Crippen molar-refractivity contribution in [2.45, 2.75) is 12.0 Å². The van der Waals surface area contributed by atoms with Crippen LogP contribution in [0.5, 0.6) is 0 Å². The largest absolute Gasteiger partial charge is 0.382 e. The first-order valence-corrected chi connectivity index (χ1v) is 3.89. The van der Waals surface area contributed by atoms with Gasteiger partial charge in [0, 0.05) is 0 Å². The number of nitrogens with two attached hydrogens (primary N) is 1. The van der Waals surface area contributed by atoms with Crippen molar-refractivity contribution in [2.24, 2.45) is 5.73 Å². The van der Waals surface area contributed by atoms with Gasteiger partial charge < -0.3 is 10.8 Å². The van der Waals surface area contributed by atoms with E-state index in [1.165, 1.54) is 12.1 Å².